The number of benzene rings is 1. The Kier molecular flexibility index (Phi) is 9.51. The van der Waals surface area contributed by atoms with Crippen LogP contribution in [0.25, 0.3) is 10.8 Å². The molecule has 2 rings (SSSR count). The molecule has 0 aliphatic carbocycles. The maximum absolute atomic E-state index is 3.27. The van der Waals surface area contributed by atoms with E-state index in [9.17, 15) is 0 Å². The first-order valence-corrected chi connectivity index (χ1v) is 19.1. The van der Waals surface area contributed by atoms with E-state index in [1.807, 2.05) is 0 Å². The second-order valence-corrected chi connectivity index (χ2v) is 28.5. The summed E-state index contributed by atoms with van der Waals surface area (Å²) >= 11 is 8.92. The van der Waals surface area contributed by atoms with Crippen LogP contribution in [0.2, 0.25) is 0 Å². The Bertz CT molecular complexity index is 524. The number of rotatable bonds is 4. The van der Waals surface area contributed by atoms with Crippen molar-refractivity contribution in [3.63, 3.8) is 0 Å². The van der Waals surface area contributed by atoms with Gasteiger partial charge in [-0.1, -0.05) is 50.8 Å². The van der Waals surface area contributed by atoms with E-state index in [0.29, 0.717) is 0 Å². The van der Waals surface area contributed by atoms with Gasteiger partial charge in [0.25, 0.3) is 0 Å². The second kappa shape index (κ2) is 9.98. The Morgan fingerprint density at radius 1 is 0.810 bits per heavy atom. The molecular weight excluding hydrogens is 492 g/mol. The van der Waals surface area contributed by atoms with Gasteiger partial charge in [0.15, 0.2) is 0 Å². The first-order chi connectivity index (χ1) is 10.0. The van der Waals surface area contributed by atoms with Crippen LogP contribution in [-0.4, -0.2) is 0 Å². The monoisotopic (exact) mass is 512 g/mol. The van der Waals surface area contributed by atoms with Gasteiger partial charge in [0.2, 0.25) is 0 Å². The van der Waals surface area contributed by atoms with Crippen molar-refractivity contribution < 1.29 is 11.6 Å². The van der Waals surface area contributed by atoms with Crippen LogP contribution >= 0.6 is 39.5 Å². The molecule has 0 unspecified atom stereocenters. The van der Waals surface area contributed by atoms with Crippen LogP contribution in [-0.2, 0) is 37.3 Å². The van der Waals surface area contributed by atoms with Gasteiger partial charge in [0.05, 0.1) is 0 Å². The zero-order valence-corrected chi connectivity index (χ0v) is 19.5. The number of hydrogen-bond acceptors (Lipinski definition) is 0. The average molecular weight is 515 g/mol. The van der Waals surface area contributed by atoms with Crippen molar-refractivity contribution in [3.8, 4) is 0 Å². The van der Waals surface area contributed by atoms with Crippen molar-refractivity contribution in [2.24, 2.45) is 0 Å². The third-order valence-electron chi connectivity index (χ3n) is 3.97. The molecule has 0 saturated heterocycles. The summed E-state index contributed by atoms with van der Waals surface area (Å²) in [5, 5.41) is 3.00. The summed E-state index contributed by atoms with van der Waals surface area (Å²) in [5.41, 5.74) is 6.40. The van der Waals surface area contributed by atoms with E-state index in [2.05, 4.69) is 85.4 Å². The molecule has 0 saturated carbocycles. The van der Waals surface area contributed by atoms with Gasteiger partial charge in [-0.25, -0.2) is 0 Å². The molecule has 4 heteroatoms. The van der Waals surface area contributed by atoms with Crippen LogP contribution in [0.4, 0.5) is 0 Å². The Morgan fingerprint density at radius 3 is 1.67 bits per heavy atom. The van der Waals surface area contributed by atoms with Crippen LogP contribution in [0.5, 0.6) is 0 Å². The van der Waals surface area contributed by atoms with E-state index < -0.39 is 11.6 Å². The van der Waals surface area contributed by atoms with Crippen molar-refractivity contribution in [3.05, 3.63) is 40.5 Å². The molecule has 0 nitrogen and oxygen atoms in total. The number of fused-ring (bicyclic) bond motifs is 1. The molecule has 0 aliphatic rings. The van der Waals surface area contributed by atoms with E-state index in [0.717, 1.165) is 12.8 Å². The summed E-state index contributed by atoms with van der Waals surface area (Å²) in [6.07, 6.45) is 4.64. The predicted octanol–water partition coefficient (Wildman–Crippen LogP) is 7.34. The van der Waals surface area contributed by atoms with Gasteiger partial charge in [-0.2, -0.15) is 12.1 Å². The fourth-order valence-corrected chi connectivity index (χ4v) is 3.30. The Morgan fingerprint density at radius 2 is 1.24 bits per heavy atom. The topological polar surface area (TPSA) is 0 Å². The third-order valence-corrected chi connectivity index (χ3v) is 3.97. The number of hydrogen-bond donors (Lipinski definition) is 0. The molecule has 2 aromatic rings. The van der Waals surface area contributed by atoms with Gasteiger partial charge in [0, 0.05) is 0 Å². The third kappa shape index (κ3) is 4.98. The molecule has 0 bridgehead atoms. The maximum atomic E-state index is 3.27. The minimum atomic E-state index is -0.896. The second-order valence-electron chi connectivity index (χ2n) is 4.90. The molecule has 0 fully saturated rings. The van der Waals surface area contributed by atoms with Crippen molar-refractivity contribution in [1.82, 2.24) is 0 Å². The SMILES string of the molecule is CCc1c(CC)c(CC)c2[cH-]ccc2c1CC.[Br][Ti+]([Br])[Br]. The summed E-state index contributed by atoms with van der Waals surface area (Å²) in [6.45, 7) is 9.15. The van der Waals surface area contributed by atoms with Crippen LogP contribution in [0.15, 0.2) is 18.2 Å². The molecule has 116 valence electrons. The summed E-state index contributed by atoms with van der Waals surface area (Å²) < 4.78 is 0. The van der Waals surface area contributed by atoms with Crippen LogP contribution in [0.3, 0.4) is 0 Å². The van der Waals surface area contributed by atoms with Gasteiger partial charge in [0.1, 0.15) is 0 Å². The predicted molar refractivity (Wildman–Crippen MR) is 104 cm³/mol. The molecule has 0 radical (unpaired) electrons. The fraction of sp³-hybridized carbons (Fsp3) is 0.471. The van der Waals surface area contributed by atoms with Gasteiger partial charge in [-0.15, -0.1) is 22.4 Å². The van der Waals surface area contributed by atoms with Crippen molar-refractivity contribution >= 4 is 50.3 Å². The first-order valence-electron chi connectivity index (χ1n) is 7.55. The Hall–Kier alpha value is 0.984. The van der Waals surface area contributed by atoms with E-state index in [-0.39, 0.29) is 0 Å². The molecule has 2 aromatic carbocycles. The molecule has 21 heavy (non-hydrogen) atoms. The summed E-state index contributed by atoms with van der Waals surface area (Å²) in [6, 6.07) is 6.81. The van der Waals surface area contributed by atoms with Crippen molar-refractivity contribution in [2.75, 3.05) is 0 Å². The fourth-order valence-electron chi connectivity index (χ4n) is 3.30. The summed E-state index contributed by atoms with van der Waals surface area (Å²) in [4.78, 5) is 0. The standard InChI is InChI=1S/C17H23.3BrH.Ti/c1-5-12-13(6-2)15(8-4)17-11-9-10-16(17)14(12)7-3;;;;/h9-11H,5-8H2,1-4H3;3*1H;/q-1;;;;+4/p-3. The molecule has 0 amide bonds. The van der Waals surface area contributed by atoms with Gasteiger partial charge in [-0.05, 0) is 19.3 Å². The van der Waals surface area contributed by atoms with Crippen LogP contribution in [0, 0.1) is 0 Å². The molecule has 0 heterocycles. The molecule has 0 atom stereocenters. The molecule has 0 aromatic heterocycles. The molecular formula is C17H23Br3Ti. The van der Waals surface area contributed by atoms with Gasteiger partial charge in [-0.3, -0.25) is 0 Å². The molecule has 0 aliphatic heterocycles. The van der Waals surface area contributed by atoms with Gasteiger partial charge >= 0.3 is 51.1 Å². The van der Waals surface area contributed by atoms with E-state index in [1.54, 1.807) is 22.3 Å². The average Bonchev–Trinajstić information content (AvgIpc) is 2.92. The van der Waals surface area contributed by atoms with Gasteiger partial charge < -0.3 is 0 Å². The quantitative estimate of drug-likeness (QED) is 0.296. The number of halogens is 3. The van der Waals surface area contributed by atoms with E-state index >= 15 is 0 Å². The van der Waals surface area contributed by atoms with Crippen LogP contribution < -0.4 is 0 Å². The molecule has 0 spiro atoms. The zero-order valence-electron chi connectivity index (χ0n) is 13.2. The zero-order chi connectivity index (χ0) is 16.0. The van der Waals surface area contributed by atoms with E-state index in [1.165, 1.54) is 23.6 Å². The van der Waals surface area contributed by atoms with Crippen molar-refractivity contribution in [1.29, 1.82) is 0 Å². The minimum absolute atomic E-state index is 0.896. The summed E-state index contributed by atoms with van der Waals surface area (Å²) in [7, 11) is 0. The van der Waals surface area contributed by atoms with Crippen LogP contribution in [0.1, 0.15) is 49.9 Å². The summed E-state index contributed by atoms with van der Waals surface area (Å²) in [5.74, 6) is 0. The first kappa shape index (κ1) is 20.0. The molecule has 0 N–H and O–H groups in total. The van der Waals surface area contributed by atoms with Crippen molar-refractivity contribution in [2.45, 2.75) is 53.4 Å². The number of aryl methyl sites for hydroxylation is 2. The van der Waals surface area contributed by atoms with E-state index in [4.69, 9.17) is 0 Å². The normalized spacial score (nSPS) is 10.4. The Balaban J connectivity index is 0.000000491. The Labute approximate surface area is 154 Å².